The molecule has 1 aliphatic rings. The Labute approximate surface area is 132 Å². The highest BCUT2D eigenvalue weighted by molar-refractivity contribution is 8.00. The zero-order chi connectivity index (χ0) is 16.2. The van der Waals surface area contributed by atoms with Crippen molar-refractivity contribution in [1.82, 2.24) is 4.90 Å². The smallest absolute Gasteiger partial charge is 0.327 e. The minimum absolute atomic E-state index is 0.00241. The summed E-state index contributed by atoms with van der Waals surface area (Å²) >= 11 is 1.60. The van der Waals surface area contributed by atoms with Crippen LogP contribution in [0.25, 0.3) is 0 Å². The fourth-order valence-corrected chi connectivity index (χ4v) is 4.61. The number of carbonyl (C=O) groups excluding carboxylic acids is 1. The summed E-state index contributed by atoms with van der Waals surface area (Å²) in [5.74, 6) is -0.0836. The van der Waals surface area contributed by atoms with Crippen LogP contribution in [0, 0.1) is 11.3 Å². The normalized spacial score (nSPS) is 24.1. The average Bonchev–Trinajstić information content (AvgIpc) is 2.70. The third kappa shape index (κ3) is 5.53. The lowest BCUT2D eigenvalue weighted by molar-refractivity contribution is -0.149. The molecule has 0 aromatic heterocycles. The van der Waals surface area contributed by atoms with Gasteiger partial charge in [-0.25, -0.2) is 4.79 Å². The number of carboxylic acids is 1. The number of nitrogens with zero attached hydrogens (tertiary/aromatic N) is 1. The summed E-state index contributed by atoms with van der Waals surface area (Å²) < 4.78 is 0. The van der Waals surface area contributed by atoms with Crippen LogP contribution in [0.15, 0.2) is 0 Å². The Kier molecular flexibility index (Phi) is 6.57. The lowest BCUT2D eigenvalue weighted by Gasteiger charge is -2.30. The van der Waals surface area contributed by atoms with E-state index in [2.05, 4.69) is 34.6 Å². The Bertz CT molecular complexity index is 378. The van der Waals surface area contributed by atoms with Crippen LogP contribution >= 0.6 is 11.8 Å². The largest absolute Gasteiger partial charge is 0.480 e. The molecule has 1 heterocycles. The lowest BCUT2D eigenvalue weighted by Crippen LogP contribution is -2.46. The molecule has 0 aromatic rings. The van der Waals surface area contributed by atoms with E-state index in [-0.39, 0.29) is 22.6 Å². The minimum atomic E-state index is -0.877. The maximum absolute atomic E-state index is 12.6. The van der Waals surface area contributed by atoms with E-state index >= 15 is 0 Å². The second kappa shape index (κ2) is 7.52. The summed E-state index contributed by atoms with van der Waals surface area (Å²) in [6.45, 7) is 10.6. The van der Waals surface area contributed by atoms with Crippen LogP contribution in [-0.2, 0) is 9.59 Å². The topological polar surface area (TPSA) is 57.6 Å². The van der Waals surface area contributed by atoms with Crippen molar-refractivity contribution < 1.29 is 14.7 Å². The highest BCUT2D eigenvalue weighted by Gasteiger charge is 2.41. The van der Waals surface area contributed by atoms with Gasteiger partial charge in [0.1, 0.15) is 6.04 Å². The second-order valence-electron chi connectivity index (χ2n) is 7.31. The van der Waals surface area contributed by atoms with E-state index < -0.39 is 12.0 Å². The number of aliphatic carboxylic acids is 1. The maximum atomic E-state index is 12.6. The molecule has 1 saturated heterocycles. The first-order valence-corrected chi connectivity index (χ1v) is 8.86. The number of hydrogen-bond donors (Lipinski definition) is 1. The van der Waals surface area contributed by atoms with Crippen molar-refractivity contribution in [2.45, 2.75) is 71.7 Å². The molecule has 0 aromatic carbocycles. The van der Waals surface area contributed by atoms with Gasteiger partial charge in [0.25, 0.3) is 0 Å². The second-order valence-corrected chi connectivity index (χ2v) is 8.52. The summed E-state index contributed by atoms with van der Waals surface area (Å²) in [6, 6.07) is -0.652. The number of carboxylic acid groups (broad SMARTS) is 1. The third-order valence-corrected chi connectivity index (χ3v) is 5.04. The van der Waals surface area contributed by atoms with Crippen LogP contribution in [0.5, 0.6) is 0 Å². The van der Waals surface area contributed by atoms with E-state index in [0.29, 0.717) is 12.2 Å². The zero-order valence-corrected chi connectivity index (χ0v) is 14.7. The zero-order valence-electron chi connectivity index (χ0n) is 13.9. The van der Waals surface area contributed by atoms with E-state index in [0.717, 1.165) is 19.3 Å². The molecule has 0 bridgehead atoms. The van der Waals surface area contributed by atoms with Crippen molar-refractivity contribution in [3.05, 3.63) is 0 Å². The molecule has 0 saturated carbocycles. The van der Waals surface area contributed by atoms with E-state index in [1.54, 1.807) is 16.7 Å². The molecule has 1 fully saturated rings. The van der Waals surface area contributed by atoms with Gasteiger partial charge in [0.05, 0.1) is 5.37 Å². The molecule has 0 aliphatic carbocycles. The first kappa shape index (κ1) is 18.3. The molecule has 122 valence electrons. The molecule has 0 radical (unpaired) electrons. The SMILES string of the molecule is CCCC1SCC(C(=O)O)N1C(=O)CC(C)CC(C)(C)C. The van der Waals surface area contributed by atoms with Gasteiger partial charge in [-0.1, -0.05) is 41.0 Å². The molecule has 0 spiro atoms. The van der Waals surface area contributed by atoms with E-state index in [1.165, 1.54) is 0 Å². The van der Waals surface area contributed by atoms with Crippen molar-refractivity contribution >= 4 is 23.6 Å². The predicted octanol–water partition coefficient (Wildman–Crippen LogP) is 3.60. The summed E-state index contributed by atoms with van der Waals surface area (Å²) in [5, 5.41) is 9.36. The van der Waals surface area contributed by atoms with Crippen LogP contribution in [0.2, 0.25) is 0 Å². The van der Waals surface area contributed by atoms with Crippen LogP contribution in [-0.4, -0.2) is 39.1 Å². The van der Waals surface area contributed by atoms with Gasteiger partial charge in [0, 0.05) is 12.2 Å². The molecule has 21 heavy (non-hydrogen) atoms. The number of hydrogen-bond acceptors (Lipinski definition) is 3. The van der Waals surface area contributed by atoms with Crippen molar-refractivity contribution in [2.24, 2.45) is 11.3 Å². The van der Waals surface area contributed by atoms with Gasteiger partial charge >= 0.3 is 5.97 Å². The fourth-order valence-electron chi connectivity index (χ4n) is 3.08. The predicted molar refractivity (Wildman–Crippen MR) is 87.3 cm³/mol. The van der Waals surface area contributed by atoms with Gasteiger partial charge in [0.2, 0.25) is 5.91 Å². The first-order valence-electron chi connectivity index (χ1n) is 7.81. The Morgan fingerprint density at radius 2 is 2.00 bits per heavy atom. The van der Waals surface area contributed by atoms with Crippen LogP contribution < -0.4 is 0 Å². The number of carbonyl (C=O) groups is 2. The monoisotopic (exact) mass is 315 g/mol. The lowest BCUT2D eigenvalue weighted by atomic mass is 9.84. The number of thioether (sulfide) groups is 1. The van der Waals surface area contributed by atoms with Crippen molar-refractivity contribution in [1.29, 1.82) is 0 Å². The molecule has 1 amide bonds. The Hall–Kier alpha value is -0.710. The molecule has 5 heteroatoms. The Balaban J connectivity index is 2.73. The average molecular weight is 315 g/mol. The van der Waals surface area contributed by atoms with Crippen LogP contribution in [0.1, 0.15) is 60.3 Å². The van der Waals surface area contributed by atoms with E-state index in [9.17, 15) is 14.7 Å². The Morgan fingerprint density at radius 3 is 2.48 bits per heavy atom. The fraction of sp³-hybridized carbons (Fsp3) is 0.875. The first-order chi connectivity index (χ1) is 9.65. The number of rotatable bonds is 6. The van der Waals surface area contributed by atoms with Gasteiger partial charge in [-0.3, -0.25) is 4.79 Å². The molecule has 1 rings (SSSR count). The Morgan fingerprint density at radius 1 is 1.38 bits per heavy atom. The highest BCUT2D eigenvalue weighted by Crippen LogP contribution is 2.34. The van der Waals surface area contributed by atoms with Crippen molar-refractivity contribution in [2.75, 3.05) is 5.75 Å². The molecular weight excluding hydrogens is 286 g/mol. The summed E-state index contributed by atoms with van der Waals surface area (Å²) in [7, 11) is 0. The standard InChI is InChI=1S/C16H29NO3S/c1-6-7-14-17(12(10-21-14)15(19)20)13(18)8-11(2)9-16(3,4)5/h11-12,14H,6-10H2,1-5H3,(H,19,20). The van der Waals surface area contributed by atoms with Crippen molar-refractivity contribution in [3.8, 4) is 0 Å². The van der Waals surface area contributed by atoms with E-state index in [4.69, 9.17) is 0 Å². The van der Waals surface area contributed by atoms with Gasteiger partial charge in [-0.2, -0.15) is 0 Å². The quantitative estimate of drug-likeness (QED) is 0.813. The third-order valence-electron chi connectivity index (χ3n) is 3.69. The number of amides is 1. The molecule has 1 N–H and O–H groups in total. The van der Waals surface area contributed by atoms with Crippen LogP contribution in [0.3, 0.4) is 0 Å². The summed E-state index contributed by atoms with van der Waals surface area (Å²) in [5.41, 5.74) is 0.189. The molecule has 4 nitrogen and oxygen atoms in total. The van der Waals surface area contributed by atoms with Gasteiger partial charge in [0.15, 0.2) is 0 Å². The van der Waals surface area contributed by atoms with Gasteiger partial charge in [-0.05, 0) is 24.2 Å². The van der Waals surface area contributed by atoms with E-state index in [1.807, 2.05) is 0 Å². The van der Waals surface area contributed by atoms with Gasteiger partial charge in [-0.15, -0.1) is 11.8 Å². The summed E-state index contributed by atoms with van der Waals surface area (Å²) in [6.07, 6.45) is 3.25. The summed E-state index contributed by atoms with van der Waals surface area (Å²) in [4.78, 5) is 25.6. The van der Waals surface area contributed by atoms with Crippen molar-refractivity contribution in [3.63, 3.8) is 0 Å². The minimum Gasteiger partial charge on any atom is -0.480 e. The molecule has 1 aliphatic heterocycles. The van der Waals surface area contributed by atoms with Gasteiger partial charge < -0.3 is 10.0 Å². The maximum Gasteiger partial charge on any atom is 0.327 e. The molecule has 3 unspecified atom stereocenters. The molecule has 3 atom stereocenters. The van der Waals surface area contributed by atoms with Crippen LogP contribution in [0.4, 0.5) is 0 Å². The highest BCUT2D eigenvalue weighted by atomic mass is 32.2. The molecular formula is C16H29NO3S.